The van der Waals surface area contributed by atoms with Gasteiger partial charge in [0.2, 0.25) is 0 Å². The lowest BCUT2D eigenvalue weighted by atomic mass is 9.87. The maximum atomic E-state index is 10.7. The minimum atomic E-state index is -0.375. The van der Waals surface area contributed by atoms with E-state index in [1.54, 1.807) is 12.1 Å². The van der Waals surface area contributed by atoms with Crippen molar-refractivity contribution in [2.75, 3.05) is 5.32 Å². The zero-order chi connectivity index (χ0) is 13.9. The molecule has 2 aromatic rings. The van der Waals surface area contributed by atoms with E-state index < -0.39 is 0 Å². The summed E-state index contributed by atoms with van der Waals surface area (Å²) >= 11 is 0. The van der Waals surface area contributed by atoms with Gasteiger partial charge in [0.15, 0.2) is 0 Å². The first kappa shape index (κ1) is 12.7. The van der Waals surface area contributed by atoms with Gasteiger partial charge in [-0.05, 0) is 42.5 Å². The summed E-state index contributed by atoms with van der Waals surface area (Å²) in [4.78, 5) is 10.3. The summed E-state index contributed by atoms with van der Waals surface area (Å²) in [6.45, 7) is 0. The van der Waals surface area contributed by atoms with Gasteiger partial charge in [0.1, 0.15) is 0 Å². The fourth-order valence-electron chi connectivity index (χ4n) is 2.78. The van der Waals surface area contributed by atoms with Gasteiger partial charge in [0, 0.05) is 17.8 Å². The molecule has 3 rings (SSSR count). The van der Waals surface area contributed by atoms with Crippen LogP contribution in [0.2, 0.25) is 0 Å². The van der Waals surface area contributed by atoms with E-state index in [9.17, 15) is 10.1 Å². The van der Waals surface area contributed by atoms with Crippen LogP contribution in [0.3, 0.4) is 0 Å². The molecule has 0 spiro atoms. The van der Waals surface area contributed by atoms with Crippen LogP contribution in [0.1, 0.15) is 30.0 Å². The molecule has 4 nitrogen and oxygen atoms in total. The number of aryl methyl sites for hydroxylation is 1. The third-order valence-electron chi connectivity index (χ3n) is 3.79. The standard InChI is InChI=1S/C16H16N2O2/c19-18(20)14-10-8-13(9-11-14)17-16-7-3-5-12-4-1-2-6-15(12)16/h1-2,4,6,8-11,16-17H,3,5,7H2/t16-/m1/s1. The predicted molar refractivity (Wildman–Crippen MR) is 78.8 cm³/mol. The average molecular weight is 268 g/mol. The highest BCUT2D eigenvalue weighted by atomic mass is 16.6. The van der Waals surface area contributed by atoms with Gasteiger partial charge in [0.25, 0.3) is 5.69 Å². The second-order valence-corrected chi connectivity index (χ2v) is 5.09. The molecule has 1 N–H and O–H groups in total. The largest absolute Gasteiger partial charge is 0.378 e. The Hall–Kier alpha value is -2.36. The van der Waals surface area contributed by atoms with E-state index in [1.807, 2.05) is 0 Å². The molecule has 0 aromatic heterocycles. The van der Waals surface area contributed by atoms with Gasteiger partial charge in [-0.2, -0.15) is 0 Å². The Labute approximate surface area is 117 Å². The molecule has 0 radical (unpaired) electrons. The highest BCUT2D eigenvalue weighted by Crippen LogP contribution is 2.32. The van der Waals surface area contributed by atoms with E-state index in [0.29, 0.717) is 6.04 Å². The van der Waals surface area contributed by atoms with Crippen LogP contribution in [0.15, 0.2) is 48.5 Å². The van der Waals surface area contributed by atoms with Crippen LogP contribution in [-0.4, -0.2) is 4.92 Å². The number of hydrogen-bond acceptors (Lipinski definition) is 3. The summed E-state index contributed by atoms with van der Waals surface area (Å²) in [6, 6.07) is 15.4. The van der Waals surface area contributed by atoms with Crippen molar-refractivity contribution in [3.8, 4) is 0 Å². The van der Waals surface area contributed by atoms with Crippen LogP contribution in [0.4, 0.5) is 11.4 Å². The van der Waals surface area contributed by atoms with Crippen molar-refractivity contribution in [2.45, 2.75) is 25.3 Å². The Morgan fingerprint density at radius 2 is 1.85 bits per heavy atom. The maximum absolute atomic E-state index is 10.7. The number of nitro benzene ring substituents is 1. The number of rotatable bonds is 3. The molecule has 0 saturated carbocycles. The van der Waals surface area contributed by atoms with E-state index in [4.69, 9.17) is 0 Å². The zero-order valence-corrected chi connectivity index (χ0v) is 11.1. The van der Waals surface area contributed by atoms with Gasteiger partial charge in [0.05, 0.1) is 11.0 Å². The fraction of sp³-hybridized carbons (Fsp3) is 0.250. The van der Waals surface area contributed by atoms with Crippen molar-refractivity contribution in [1.82, 2.24) is 0 Å². The summed E-state index contributed by atoms with van der Waals surface area (Å²) in [5, 5.41) is 14.1. The second-order valence-electron chi connectivity index (χ2n) is 5.09. The van der Waals surface area contributed by atoms with E-state index in [0.717, 1.165) is 18.5 Å². The van der Waals surface area contributed by atoms with Gasteiger partial charge in [-0.3, -0.25) is 10.1 Å². The Morgan fingerprint density at radius 1 is 1.10 bits per heavy atom. The molecule has 102 valence electrons. The lowest BCUT2D eigenvalue weighted by Crippen LogP contribution is -2.17. The molecule has 4 heteroatoms. The summed E-state index contributed by atoms with van der Waals surface area (Å²) < 4.78 is 0. The minimum Gasteiger partial charge on any atom is -0.378 e. The molecule has 20 heavy (non-hydrogen) atoms. The summed E-state index contributed by atoms with van der Waals surface area (Å²) in [6.07, 6.45) is 3.39. The molecule has 0 amide bonds. The first-order valence-electron chi connectivity index (χ1n) is 6.83. The quantitative estimate of drug-likeness (QED) is 0.674. The topological polar surface area (TPSA) is 55.2 Å². The molecule has 0 bridgehead atoms. The summed E-state index contributed by atoms with van der Waals surface area (Å²) in [7, 11) is 0. The first-order chi connectivity index (χ1) is 9.74. The molecule has 1 aliphatic carbocycles. The number of non-ortho nitro benzene ring substituents is 1. The van der Waals surface area contributed by atoms with Gasteiger partial charge < -0.3 is 5.32 Å². The Morgan fingerprint density at radius 3 is 2.60 bits per heavy atom. The number of nitro groups is 1. The molecule has 0 aliphatic heterocycles. The van der Waals surface area contributed by atoms with E-state index in [1.165, 1.54) is 29.7 Å². The van der Waals surface area contributed by atoms with Crippen LogP contribution in [0, 0.1) is 10.1 Å². The van der Waals surface area contributed by atoms with Crippen molar-refractivity contribution in [3.63, 3.8) is 0 Å². The number of nitrogens with zero attached hydrogens (tertiary/aromatic N) is 1. The minimum absolute atomic E-state index is 0.125. The Balaban J connectivity index is 1.80. The smallest absolute Gasteiger partial charge is 0.269 e. The summed E-state index contributed by atoms with van der Waals surface area (Å²) in [5.41, 5.74) is 3.80. The average Bonchev–Trinajstić information content (AvgIpc) is 2.48. The van der Waals surface area contributed by atoms with Crippen LogP contribution >= 0.6 is 0 Å². The maximum Gasteiger partial charge on any atom is 0.269 e. The fourth-order valence-corrected chi connectivity index (χ4v) is 2.78. The van der Waals surface area contributed by atoms with E-state index >= 15 is 0 Å². The molecule has 0 unspecified atom stereocenters. The SMILES string of the molecule is O=[N+]([O-])c1ccc(N[C@@H]2CCCc3ccccc32)cc1. The third kappa shape index (κ3) is 2.50. The van der Waals surface area contributed by atoms with E-state index in [2.05, 4.69) is 29.6 Å². The summed E-state index contributed by atoms with van der Waals surface area (Å²) in [5.74, 6) is 0. The molecular weight excluding hydrogens is 252 g/mol. The lowest BCUT2D eigenvalue weighted by Gasteiger charge is -2.27. The second kappa shape index (κ2) is 5.33. The number of nitrogens with one attached hydrogen (secondary N) is 1. The number of benzene rings is 2. The monoisotopic (exact) mass is 268 g/mol. The number of anilines is 1. The molecule has 2 aromatic carbocycles. The molecule has 0 saturated heterocycles. The van der Waals surface area contributed by atoms with Crippen LogP contribution in [-0.2, 0) is 6.42 Å². The van der Waals surface area contributed by atoms with Crippen molar-refractivity contribution >= 4 is 11.4 Å². The van der Waals surface area contributed by atoms with Crippen molar-refractivity contribution in [3.05, 3.63) is 69.8 Å². The van der Waals surface area contributed by atoms with Crippen LogP contribution < -0.4 is 5.32 Å². The Kier molecular flexibility index (Phi) is 3.37. The predicted octanol–water partition coefficient (Wildman–Crippen LogP) is 4.08. The molecule has 0 heterocycles. The van der Waals surface area contributed by atoms with Crippen LogP contribution in [0.25, 0.3) is 0 Å². The van der Waals surface area contributed by atoms with Crippen molar-refractivity contribution in [2.24, 2.45) is 0 Å². The van der Waals surface area contributed by atoms with Crippen molar-refractivity contribution in [1.29, 1.82) is 0 Å². The van der Waals surface area contributed by atoms with Crippen molar-refractivity contribution < 1.29 is 4.92 Å². The third-order valence-corrected chi connectivity index (χ3v) is 3.79. The molecule has 1 aliphatic rings. The van der Waals surface area contributed by atoms with Gasteiger partial charge in [-0.15, -0.1) is 0 Å². The Bertz CT molecular complexity index is 623. The highest BCUT2D eigenvalue weighted by Gasteiger charge is 2.19. The number of fused-ring (bicyclic) bond motifs is 1. The van der Waals surface area contributed by atoms with E-state index in [-0.39, 0.29) is 10.6 Å². The van der Waals surface area contributed by atoms with Gasteiger partial charge >= 0.3 is 0 Å². The normalized spacial score (nSPS) is 17.3. The zero-order valence-electron chi connectivity index (χ0n) is 11.1. The van der Waals surface area contributed by atoms with Crippen LogP contribution in [0.5, 0.6) is 0 Å². The van der Waals surface area contributed by atoms with Gasteiger partial charge in [-0.1, -0.05) is 24.3 Å². The molecule has 1 atom stereocenters. The van der Waals surface area contributed by atoms with Gasteiger partial charge in [-0.25, -0.2) is 0 Å². The highest BCUT2D eigenvalue weighted by molar-refractivity contribution is 5.51. The molecular formula is C16H16N2O2. The lowest BCUT2D eigenvalue weighted by molar-refractivity contribution is -0.384. The first-order valence-corrected chi connectivity index (χ1v) is 6.83. The number of hydrogen-bond donors (Lipinski definition) is 1. The molecule has 0 fully saturated rings.